The number of carbonyl (C=O) groups is 1. The molecular weight excluding hydrogens is 190 g/mol. The van der Waals surface area contributed by atoms with Crippen molar-refractivity contribution in [3.05, 3.63) is 0 Å². The molecule has 1 rings (SSSR count). The second-order valence-corrected chi connectivity index (χ2v) is 5.20. The molecule has 1 heterocycles. The summed E-state index contributed by atoms with van der Waals surface area (Å²) >= 11 is 0. The zero-order valence-corrected chi connectivity index (χ0v) is 10.1. The van der Waals surface area contributed by atoms with Crippen molar-refractivity contribution in [3.8, 4) is 0 Å². The quantitative estimate of drug-likeness (QED) is 0.778. The maximum Gasteiger partial charge on any atom is 0.307 e. The van der Waals surface area contributed by atoms with E-state index in [1.807, 2.05) is 0 Å². The lowest BCUT2D eigenvalue weighted by molar-refractivity contribution is -0.141. The Hall–Kier alpha value is -0.570. The third kappa shape index (κ3) is 3.49. The van der Waals surface area contributed by atoms with Crippen molar-refractivity contribution in [1.29, 1.82) is 0 Å². The molecule has 0 aromatic carbocycles. The van der Waals surface area contributed by atoms with Crippen molar-refractivity contribution in [2.24, 2.45) is 11.3 Å². The molecule has 0 bridgehead atoms. The minimum atomic E-state index is -0.682. The average molecular weight is 213 g/mol. The van der Waals surface area contributed by atoms with Crippen LogP contribution in [-0.4, -0.2) is 35.6 Å². The van der Waals surface area contributed by atoms with Crippen molar-refractivity contribution < 1.29 is 9.90 Å². The van der Waals surface area contributed by atoms with Gasteiger partial charge in [0.1, 0.15) is 0 Å². The zero-order chi connectivity index (χ0) is 11.5. The maximum atomic E-state index is 10.7. The van der Waals surface area contributed by atoms with Crippen molar-refractivity contribution in [2.75, 3.05) is 19.6 Å². The normalized spacial score (nSPS) is 23.7. The lowest BCUT2D eigenvalue weighted by Gasteiger charge is -2.39. The summed E-state index contributed by atoms with van der Waals surface area (Å²) in [7, 11) is 0. The fourth-order valence-electron chi connectivity index (χ4n) is 2.09. The summed E-state index contributed by atoms with van der Waals surface area (Å²) in [6.07, 6.45) is 3.64. The molecule has 1 saturated heterocycles. The topological polar surface area (TPSA) is 40.5 Å². The molecule has 1 atom stereocenters. The first-order valence-corrected chi connectivity index (χ1v) is 5.92. The van der Waals surface area contributed by atoms with E-state index in [1.54, 1.807) is 6.92 Å². The van der Waals surface area contributed by atoms with Gasteiger partial charge >= 0.3 is 5.97 Å². The molecule has 1 unspecified atom stereocenters. The Bertz CT molecular complexity index is 220. The molecule has 3 heteroatoms. The molecule has 1 fully saturated rings. The largest absolute Gasteiger partial charge is 0.481 e. The van der Waals surface area contributed by atoms with Gasteiger partial charge in [0, 0.05) is 6.54 Å². The minimum absolute atomic E-state index is 0.240. The minimum Gasteiger partial charge on any atom is -0.481 e. The van der Waals surface area contributed by atoms with Crippen LogP contribution < -0.4 is 0 Å². The third-order valence-corrected chi connectivity index (χ3v) is 3.87. The van der Waals surface area contributed by atoms with Crippen LogP contribution in [0.15, 0.2) is 0 Å². The number of rotatable bonds is 4. The molecule has 1 aliphatic heterocycles. The molecule has 0 aromatic rings. The van der Waals surface area contributed by atoms with E-state index in [0.717, 1.165) is 13.1 Å². The van der Waals surface area contributed by atoms with Gasteiger partial charge in [0.05, 0.1) is 5.92 Å². The van der Waals surface area contributed by atoms with E-state index >= 15 is 0 Å². The standard InChI is InChI=1S/C12H23NO2/c1-4-12(3)5-7-13(8-6-12)9-10(2)11(14)15/h10H,4-9H2,1-3H3,(H,14,15). The van der Waals surface area contributed by atoms with E-state index in [2.05, 4.69) is 18.7 Å². The van der Waals surface area contributed by atoms with Gasteiger partial charge in [-0.1, -0.05) is 27.2 Å². The van der Waals surface area contributed by atoms with Crippen LogP contribution >= 0.6 is 0 Å². The van der Waals surface area contributed by atoms with Gasteiger partial charge in [-0.3, -0.25) is 4.79 Å². The van der Waals surface area contributed by atoms with Gasteiger partial charge < -0.3 is 10.0 Å². The molecule has 15 heavy (non-hydrogen) atoms. The first kappa shape index (κ1) is 12.5. The highest BCUT2D eigenvalue weighted by Gasteiger charge is 2.29. The van der Waals surface area contributed by atoms with Crippen molar-refractivity contribution in [2.45, 2.75) is 40.0 Å². The number of nitrogens with zero attached hydrogens (tertiary/aromatic N) is 1. The fraction of sp³-hybridized carbons (Fsp3) is 0.917. The first-order valence-electron chi connectivity index (χ1n) is 5.92. The van der Waals surface area contributed by atoms with Crippen LogP contribution in [0.2, 0.25) is 0 Å². The van der Waals surface area contributed by atoms with Gasteiger partial charge in [0.25, 0.3) is 0 Å². The van der Waals surface area contributed by atoms with E-state index in [4.69, 9.17) is 5.11 Å². The SMILES string of the molecule is CCC1(C)CCN(CC(C)C(=O)O)CC1. The van der Waals surface area contributed by atoms with E-state index < -0.39 is 5.97 Å². The van der Waals surface area contributed by atoms with Gasteiger partial charge in [-0.2, -0.15) is 0 Å². The second-order valence-electron chi connectivity index (χ2n) is 5.20. The van der Waals surface area contributed by atoms with E-state index in [1.165, 1.54) is 19.3 Å². The van der Waals surface area contributed by atoms with Gasteiger partial charge in [-0.05, 0) is 31.3 Å². The summed E-state index contributed by atoms with van der Waals surface area (Å²) in [4.78, 5) is 13.0. The van der Waals surface area contributed by atoms with Gasteiger partial charge in [-0.15, -0.1) is 0 Å². The molecule has 0 aromatic heterocycles. The molecule has 0 spiro atoms. The van der Waals surface area contributed by atoms with Crippen molar-refractivity contribution in [1.82, 2.24) is 4.90 Å². The molecule has 0 radical (unpaired) electrons. The second kappa shape index (κ2) is 4.97. The monoisotopic (exact) mass is 213 g/mol. The highest BCUT2D eigenvalue weighted by molar-refractivity contribution is 5.69. The zero-order valence-electron chi connectivity index (χ0n) is 10.1. The summed E-state index contributed by atoms with van der Waals surface area (Å²) in [5.74, 6) is -0.921. The van der Waals surface area contributed by atoms with E-state index in [9.17, 15) is 4.79 Å². The Balaban J connectivity index is 2.35. The van der Waals surface area contributed by atoms with E-state index in [-0.39, 0.29) is 5.92 Å². The summed E-state index contributed by atoms with van der Waals surface area (Å²) in [6, 6.07) is 0. The van der Waals surface area contributed by atoms with E-state index in [0.29, 0.717) is 12.0 Å². The highest BCUT2D eigenvalue weighted by atomic mass is 16.4. The Labute approximate surface area is 92.5 Å². The number of likely N-dealkylation sites (tertiary alicyclic amines) is 1. The summed E-state index contributed by atoms with van der Waals surface area (Å²) in [5.41, 5.74) is 0.489. The molecule has 0 aliphatic carbocycles. The molecular formula is C12H23NO2. The van der Waals surface area contributed by atoms with Crippen molar-refractivity contribution in [3.63, 3.8) is 0 Å². The lowest BCUT2D eigenvalue weighted by atomic mass is 9.78. The first-order chi connectivity index (χ1) is 6.97. The van der Waals surface area contributed by atoms with Crippen LogP contribution in [0, 0.1) is 11.3 Å². The summed E-state index contributed by atoms with van der Waals surface area (Å²) in [5, 5.41) is 8.83. The molecule has 1 N–H and O–H groups in total. The number of aliphatic carboxylic acids is 1. The third-order valence-electron chi connectivity index (χ3n) is 3.87. The predicted octanol–water partition coefficient (Wildman–Crippen LogP) is 2.22. The smallest absolute Gasteiger partial charge is 0.307 e. The summed E-state index contributed by atoms with van der Waals surface area (Å²) < 4.78 is 0. The Morgan fingerprint density at radius 3 is 2.40 bits per heavy atom. The molecule has 0 amide bonds. The molecule has 0 saturated carbocycles. The van der Waals surface area contributed by atoms with Crippen LogP contribution in [0.4, 0.5) is 0 Å². The number of carboxylic acid groups (broad SMARTS) is 1. The van der Waals surface area contributed by atoms with Gasteiger partial charge in [0.2, 0.25) is 0 Å². The Kier molecular flexibility index (Phi) is 4.14. The number of hydrogen-bond acceptors (Lipinski definition) is 2. The van der Waals surface area contributed by atoms with Crippen LogP contribution in [-0.2, 0) is 4.79 Å². The maximum absolute atomic E-state index is 10.7. The average Bonchev–Trinajstić information content (AvgIpc) is 2.21. The highest BCUT2D eigenvalue weighted by Crippen LogP contribution is 2.33. The van der Waals surface area contributed by atoms with Crippen molar-refractivity contribution >= 4 is 5.97 Å². The number of piperidine rings is 1. The van der Waals surface area contributed by atoms with Gasteiger partial charge in [0.15, 0.2) is 0 Å². The van der Waals surface area contributed by atoms with Crippen LogP contribution in [0.1, 0.15) is 40.0 Å². The fourth-order valence-corrected chi connectivity index (χ4v) is 2.09. The van der Waals surface area contributed by atoms with Crippen LogP contribution in [0.3, 0.4) is 0 Å². The van der Waals surface area contributed by atoms with Crippen LogP contribution in [0.5, 0.6) is 0 Å². The Morgan fingerprint density at radius 1 is 1.47 bits per heavy atom. The molecule has 3 nitrogen and oxygen atoms in total. The molecule has 88 valence electrons. The summed E-state index contributed by atoms with van der Waals surface area (Å²) in [6.45, 7) is 9.19. The predicted molar refractivity (Wildman–Crippen MR) is 60.9 cm³/mol. The van der Waals surface area contributed by atoms with Crippen LogP contribution in [0.25, 0.3) is 0 Å². The number of carboxylic acids is 1. The van der Waals surface area contributed by atoms with Gasteiger partial charge in [-0.25, -0.2) is 0 Å². The Morgan fingerprint density at radius 2 is 2.00 bits per heavy atom. The molecule has 1 aliphatic rings. The number of hydrogen-bond donors (Lipinski definition) is 1. The lowest BCUT2D eigenvalue weighted by Crippen LogP contribution is -2.41.